The molecule has 20 heavy (non-hydrogen) atoms. The molecule has 7 heteroatoms. The first kappa shape index (κ1) is 15.5. The van der Waals surface area contributed by atoms with Crippen molar-refractivity contribution in [3.63, 3.8) is 0 Å². The maximum absolute atomic E-state index is 12.6. The second-order valence-electron chi connectivity index (χ2n) is 5.02. The average Bonchev–Trinajstić information content (AvgIpc) is 2.71. The van der Waals surface area contributed by atoms with E-state index in [0.29, 0.717) is 10.9 Å². The first-order valence-corrected chi connectivity index (χ1v) is 8.49. The molecule has 1 saturated heterocycles. The van der Waals surface area contributed by atoms with Gasteiger partial charge in [0, 0.05) is 17.1 Å². The number of rotatable bonds is 3. The van der Waals surface area contributed by atoms with Gasteiger partial charge in [0.05, 0.1) is 10.8 Å². The predicted molar refractivity (Wildman–Crippen MR) is 78.0 cm³/mol. The molecule has 1 aliphatic rings. The van der Waals surface area contributed by atoms with Gasteiger partial charge in [0.1, 0.15) is 0 Å². The molecule has 0 spiro atoms. The van der Waals surface area contributed by atoms with Gasteiger partial charge in [-0.2, -0.15) is 4.31 Å². The molecule has 1 fully saturated rings. The minimum absolute atomic E-state index is 0.181. The molecule has 0 saturated carbocycles. The van der Waals surface area contributed by atoms with Gasteiger partial charge in [-0.05, 0) is 53.9 Å². The maximum atomic E-state index is 12.6. The maximum Gasteiger partial charge on any atom is 0.308 e. The van der Waals surface area contributed by atoms with Crippen molar-refractivity contribution in [1.29, 1.82) is 0 Å². The van der Waals surface area contributed by atoms with Crippen molar-refractivity contribution in [2.75, 3.05) is 6.54 Å². The van der Waals surface area contributed by atoms with Crippen LogP contribution < -0.4 is 0 Å². The molecule has 0 aromatic heterocycles. The third-order valence-corrected chi connectivity index (χ3v) is 6.65. The predicted octanol–water partition coefficient (Wildman–Crippen LogP) is 2.24. The Morgan fingerprint density at radius 3 is 2.60 bits per heavy atom. The molecule has 0 amide bonds. The monoisotopic (exact) mass is 361 g/mol. The van der Waals surface area contributed by atoms with Crippen molar-refractivity contribution in [2.45, 2.75) is 31.2 Å². The highest BCUT2D eigenvalue weighted by molar-refractivity contribution is 9.10. The zero-order valence-electron chi connectivity index (χ0n) is 11.2. The van der Waals surface area contributed by atoms with Crippen LogP contribution in [0.4, 0.5) is 0 Å². The first-order chi connectivity index (χ1) is 9.25. The number of hydrogen-bond acceptors (Lipinski definition) is 3. The Morgan fingerprint density at radius 2 is 2.10 bits per heavy atom. The van der Waals surface area contributed by atoms with E-state index in [-0.39, 0.29) is 11.4 Å². The summed E-state index contributed by atoms with van der Waals surface area (Å²) < 4.78 is 27.1. The Bertz CT molecular complexity index is 644. The number of halogens is 1. The molecule has 0 aliphatic carbocycles. The third-order valence-electron chi connectivity index (χ3n) is 3.69. The second-order valence-corrected chi connectivity index (χ2v) is 7.74. The van der Waals surface area contributed by atoms with Crippen LogP contribution in [-0.4, -0.2) is 36.4 Å². The molecule has 2 atom stereocenters. The Labute approximate surface area is 126 Å². The second kappa shape index (κ2) is 5.46. The fourth-order valence-corrected chi connectivity index (χ4v) is 5.36. The number of aryl methyl sites for hydroxylation is 1. The average molecular weight is 362 g/mol. The molecule has 0 bridgehead atoms. The third kappa shape index (κ3) is 2.62. The summed E-state index contributed by atoms with van der Waals surface area (Å²) in [6.45, 7) is 3.76. The highest BCUT2D eigenvalue weighted by Gasteiger charge is 2.42. The van der Waals surface area contributed by atoms with Crippen LogP contribution in [0.1, 0.15) is 18.9 Å². The van der Waals surface area contributed by atoms with Crippen LogP contribution in [0.15, 0.2) is 27.6 Å². The van der Waals surface area contributed by atoms with Crippen molar-refractivity contribution < 1.29 is 18.3 Å². The fraction of sp³-hybridized carbons (Fsp3) is 0.462. The summed E-state index contributed by atoms with van der Waals surface area (Å²) in [5.74, 6) is -1.59. The van der Waals surface area contributed by atoms with Crippen LogP contribution in [0, 0.1) is 12.8 Å². The van der Waals surface area contributed by atoms with E-state index in [0.717, 1.165) is 5.56 Å². The number of hydrogen-bond donors (Lipinski definition) is 1. The number of nitrogens with zero attached hydrogens (tertiary/aromatic N) is 1. The quantitative estimate of drug-likeness (QED) is 0.895. The first-order valence-electron chi connectivity index (χ1n) is 6.26. The standard InChI is InChI=1S/C13H16BrNO4S/c1-8-3-4-12(11(14)7-8)20(18,19)15-6-5-10(9(15)2)13(16)17/h3-4,7,9-10H,5-6H2,1-2H3,(H,16,17). The van der Waals surface area contributed by atoms with Gasteiger partial charge in [-0.3, -0.25) is 4.79 Å². The van der Waals surface area contributed by atoms with Crippen molar-refractivity contribution in [3.8, 4) is 0 Å². The van der Waals surface area contributed by atoms with E-state index in [9.17, 15) is 13.2 Å². The van der Waals surface area contributed by atoms with Gasteiger partial charge in [-0.25, -0.2) is 8.42 Å². The summed E-state index contributed by atoms with van der Waals surface area (Å²) in [5, 5.41) is 9.10. The number of sulfonamides is 1. The molecule has 1 aromatic rings. The van der Waals surface area contributed by atoms with Gasteiger partial charge in [0.15, 0.2) is 0 Å². The topological polar surface area (TPSA) is 74.7 Å². The largest absolute Gasteiger partial charge is 0.481 e. The molecule has 2 unspecified atom stereocenters. The molecule has 1 aromatic carbocycles. The lowest BCUT2D eigenvalue weighted by molar-refractivity contribution is -0.142. The Balaban J connectivity index is 2.39. The number of benzene rings is 1. The normalized spacial score (nSPS) is 23.9. The van der Waals surface area contributed by atoms with E-state index in [1.54, 1.807) is 25.1 Å². The number of aliphatic carboxylic acids is 1. The van der Waals surface area contributed by atoms with Crippen LogP contribution in [-0.2, 0) is 14.8 Å². The highest BCUT2D eigenvalue weighted by Crippen LogP contribution is 2.33. The van der Waals surface area contributed by atoms with Crippen molar-refractivity contribution >= 4 is 31.9 Å². The smallest absolute Gasteiger partial charge is 0.308 e. The molecule has 1 heterocycles. The molecule has 0 radical (unpaired) electrons. The van der Waals surface area contributed by atoms with Crippen LogP contribution in [0.3, 0.4) is 0 Å². The number of carbonyl (C=O) groups is 1. The van der Waals surface area contributed by atoms with E-state index < -0.39 is 28.0 Å². The van der Waals surface area contributed by atoms with E-state index in [4.69, 9.17) is 5.11 Å². The lowest BCUT2D eigenvalue weighted by Gasteiger charge is -2.23. The van der Waals surface area contributed by atoms with E-state index in [2.05, 4.69) is 15.9 Å². The lowest BCUT2D eigenvalue weighted by atomic mass is 10.0. The van der Waals surface area contributed by atoms with Gasteiger partial charge in [-0.1, -0.05) is 6.07 Å². The SMILES string of the molecule is Cc1ccc(S(=O)(=O)N2CCC(C(=O)O)C2C)c(Br)c1. The van der Waals surface area contributed by atoms with Crippen molar-refractivity contribution in [2.24, 2.45) is 5.92 Å². The lowest BCUT2D eigenvalue weighted by Crippen LogP contribution is -2.37. The fourth-order valence-electron chi connectivity index (χ4n) is 2.52. The molecule has 2 rings (SSSR count). The molecular weight excluding hydrogens is 346 g/mol. The Hall–Kier alpha value is -0.920. The van der Waals surface area contributed by atoms with Gasteiger partial charge in [0.25, 0.3) is 0 Å². The highest BCUT2D eigenvalue weighted by atomic mass is 79.9. The van der Waals surface area contributed by atoms with Crippen LogP contribution >= 0.6 is 15.9 Å². The summed E-state index contributed by atoms with van der Waals surface area (Å²) in [5.41, 5.74) is 0.953. The van der Waals surface area contributed by atoms with E-state index in [1.165, 1.54) is 4.31 Å². The van der Waals surface area contributed by atoms with Crippen molar-refractivity contribution in [3.05, 3.63) is 28.2 Å². The van der Waals surface area contributed by atoms with Gasteiger partial charge in [0.2, 0.25) is 10.0 Å². The number of carboxylic acids is 1. The van der Waals surface area contributed by atoms with E-state index in [1.807, 2.05) is 6.92 Å². The number of carboxylic acid groups (broad SMARTS) is 1. The molecule has 1 N–H and O–H groups in total. The van der Waals surface area contributed by atoms with Crippen molar-refractivity contribution in [1.82, 2.24) is 4.31 Å². The summed E-state index contributed by atoms with van der Waals surface area (Å²) in [7, 11) is -3.68. The molecule has 1 aliphatic heterocycles. The minimum Gasteiger partial charge on any atom is -0.481 e. The van der Waals surface area contributed by atoms with Crippen LogP contribution in [0.5, 0.6) is 0 Å². The summed E-state index contributed by atoms with van der Waals surface area (Å²) >= 11 is 3.27. The van der Waals surface area contributed by atoms with Gasteiger partial charge in [-0.15, -0.1) is 0 Å². The zero-order valence-corrected chi connectivity index (χ0v) is 13.6. The van der Waals surface area contributed by atoms with Gasteiger partial charge < -0.3 is 5.11 Å². The Morgan fingerprint density at radius 1 is 1.45 bits per heavy atom. The van der Waals surface area contributed by atoms with E-state index >= 15 is 0 Å². The van der Waals surface area contributed by atoms with Crippen LogP contribution in [0.2, 0.25) is 0 Å². The zero-order chi connectivity index (χ0) is 15.1. The summed E-state index contributed by atoms with van der Waals surface area (Å²) in [6, 6.07) is 4.48. The molecule has 5 nitrogen and oxygen atoms in total. The summed E-state index contributed by atoms with van der Waals surface area (Å²) in [6.07, 6.45) is 0.346. The minimum atomic E-state index is -3.68. The molecular formula is C13H16BrNO4S. The summed E-state index contributed by atoms with van der Waals surface area (Å²) in [4.78, 5) is 11.3. The van der Waals surface area contributed by atoms with Crippen LogP contribution in [0.25, 0.3) is 0 Å². The molecule has 110 valence electrons. The Kier molecular flexibility index (Phi) is 4.22. The van der Waals surface area contributed by atoms with Gasteiger partial charge >= 0.3 is 5.97 Å².